The molecule has 7 nitrogen and oxygen atoms in total. The van der Waals surface area contributed by atoms with E-state index in [1.807, 2.05) is 16.9 Å². The molecule has 0 radical (unpaired) electrons. The Morgan fingerprint density at radius 1 is 1.48 bits per heavy atom. The van der Waals surface area contributed by atoms with E-state index in [-0.39, 0.29) is 6.61 Å². The zero-order valence-electron chi connectivity index (χ0n) is 13.4. The van der Waals surface area contributed by atoms with Crippen molar-refractivity contribution in [2.24, 2.45) is 0 Å². The van der Waals surface area contributed by atoms with Crippen LogP contribution in [0.4, 0.5) is 0 Å². The summed E-state index contributed by atoms with van der Waals surface area (Å²) in [5, 5.41) is 14.5. The number of aliphatic carboxylic acids is 1. The molecule has 0 bridgehead atoms. The molecular formula is C15H19N3O4S. The van der Waals surface area contributed by atoms with Gasteiger partial charge in [0.05, 0.1) is 12.2 Å². The van der Waals surface area contributed by atoms with Crippen LogP contribution in [0.5, 0.6) is 0 Å². The number of aryl methyl sites for hydroxylation is 1. The molecule has 0 aliphatic rings. The first-order chi connectivity index (χ1) is 10.8. The zero-order valence-corrected chi connectivity index (χ0v) is 14.2. The summed E-state index contributed by atoms with van der Waals surface area (Å²) in [7, 11) is 1.39. The standard InChI is InChI=1S/C15H19N3O4S/c1-9-7-11(10(2)18(9)14-16-5-6-23-14)12(19)17-15(3,8-22-4)13(20)21/h5-7H,8H2,1-4H3,(H,17,19)(H,20,21). The van der Waals surface area contributed by atoms with Gasteiger partial charge in [-0.3, -0.25) is 9.36 Å². The van der Waals surface area contributed by atoms with Gasteiger partial charge in [0.15, 0.2) is 10.7 Å². The van der Waals surface area contributed by atoms with Crippen molar-refractivity contribution in [1.82, 2.24) is 14.9 Å². The van der Waals surface area contributed by atoms with Gasteiger partial charge in [-0.05, 0) is 26.8 Å². The smallest absolute Gasteiger partial charge is 0.331 e. The first kappa shape index (κ1) is 17.2. The van der Waals surface area contributed by atoms with Crippen LogP contribution in [0.25, 0.3) is 5.13 Å². The summed E-state index contributed by atoms with van der Waals surface area (Å²) in [5.41, 5.74) is 0.489. The topological polar surface area (TPSA) is 93.5 Å². The summed E-state index contributed by atoms with van der Waals surface area (Å²) in [6.07, 6.45) is 1.69. The monoisotopic (exact) mass is 337 g/mol. The van der Waals surface area contributed by atoms with Crippen LogP contribution in [-0.2, 0) is 9.53 Å². The zero-order chi connectivity index (χ0) is 17.2. The summed E-state index contributed by atoms with van der Waals surface area (Å²) in [4.78, 5) is 28.2. The quantitative estimate of drug-likeness (QED) is 0.838. The maximum atomic E-state index is 12.5. The molecule has 8 heteroatoms. The van der Waals surface area contributed by atoms with Crippen LogP contribution in [0.3, 0.4) is 0 Å². The fraction of sp³-hybridized carbons (Fsp3) is 0.400. The number of ether oxygens (including phenoxy) is 1. The van der Waals surface area contributed by atoms with Gasteiger partial charge in [0.2, 0.25) is 0 Å². The largest absolute Gasteiger partial charge is 0.479 e. The molecular weight excluding hydrogens is 318 g/mol. The van der Waals surface area contributed by atoms with E-state index < -0.39 is 17.4 Å². The number of methoxy groups -OCH3 is 1. The number of carbonyl (C=O) groups is 2. The Hall–Kier alpha value is -2.19. The highest BCUT2D eigenvalue weighted by molar-refractivity contribution is 7.12. The number of hydrogen-bond donors (Lipinski definition) is 2. The van der Waals surface area contributed by atoms with E-state index in [2.05, 4.69) is 10.3 Å². The van der Waals surface area contributed by atoms with Gasteiger partial charge >= 0.3 is 5.97 Å². The Balaban J connectivity index is 2.34. The minimum absolute atomic E-state index is 0.126. The molecule has 2 N–H and O–H groups in total. The lowest BCUT2D eigenvalue weighted by Crippen LogP contribution is -2.55. The van der Waals surface area contributed by atoms with Crippen molar-refractivity contribution in [2.45, 2.75) is 26.3 Å². The molecule has 0 aromatic carbocycles. The van der Waals surface area contributed by atoms with Crippen LogP contribution in [0.2, 0.25) is 0 Å². The third-order valence-electron chi connectivity index (χ3n) is 3.58. The van der Waals surface area contributed by atoms with E-state index in [1.165, 1.54) is 25.4 Å². The number of nitrogens with zero attached hydrogens (tertiary/aromatic N) is 2. The van der Waals surface area contributed by atoms with Gasteiger partial charge in [-0.2, -0.15) is 0 Å². The molecule has 2 rings (SSSR count). The maximum absolute atomic E-state index is 12.5. The molecule has 1 amide bonds. The van der Waals surface area contributed by atoms with Gasteiger partial charge in [-0.25, -0.2) is 9.78 Å². The van der Waals surface area contributed by atoms with E-state index in [0.717, 1.165) is 10.8 Å². The molecule has 2 aromatic heterocycles. The Kier molecular flexibility index (Phi) is 4.86. The van der Waals surface area contributed by atoms with Crippen molar-refractivity contribution in [3.05, 3.63) is 34.6 Å². The van der Waals surface area contributed by atoms with E-state index in [4.69, 9.17) is 4.74 Å². The molecule has 0 aliphatic carbocycles. The molecule has 0 saturated heterocycles. The minimum Gasteiger partial charge on any atom is -0.479 e. The molecule has 23 heavy (non-hydrogen) atoms. The summed E-state index contributed by atoms with van der Waals surface area (Å²) in [6.45, 7) is 4.96. The lowest BCUT2D eigenvalue weighted by molar-refractivity contribution is -0.145. The van der Waals surface area contributed by atoms with Crippen molar-refractivity contribution in [2.75, 3.05) is 13.7 Å². The number of carboxylic acids is 1. The Labute approximate surface area is 137 Å². The van der Waals surface area contributed by atoms with Gasteiger partial charge in [0, 0.05) is 30.1 Å². The predicted octanol–water partition coefficient (Wildman–Crippen LogP) is 1.77. The number of rotatable bonds is 6. The number of aromatic nitrogens is 2. The number of amides is 1. The number of thiazole rings is 1. The average Bonchev–Trinajstić information content (AvgIpc) is 3.07. The van der Waals surface area contributed by atoms with Crippen LogP contribution in [0.15, 0.2) is 17.6 Å². The second-order valence-electron chi connectivity index (χ2n) is 5.46. The Morgan fingerprint density at radius 3 is 2.70 bits per heavy atom. The molecule has 0 fully saturated rings. The second kappa shape index (κ2) is 6.51. The van der Waals surface area contributed by atoms with Crippen molar-refractivity contribution < 1.29 is 19.4 Å². The average molecular weight is 337 g/mol. The van der Waals surface area contributed by atoms with Crippen LogP contribution in [0, 0.1) is 13.8 Å². The second-order valence-corrected chi connectivity index (χ2v) is 6.33. The third-order valence-corrected chi connectivity index (χ3v) is 4.34. The first-order valence-corrected chi connectivity index (χ1v) is 7.82. The highest BCUT2D eigenvalue weighted by atomic mass is 32.1. The first-order valence-electron chi connectivity index (χ1n) is 6.94. The van der Waals surface area contributed by atoms with Crippen LogP contribution < -0.4 is 5.32 Å². The van der Waals surface area contributed by atoms with Gasteiger partial charge in [-0.15, -0.1) is 11.3 Å². The number of nitrogens with one attached hydrogen (secondary N) is 1. The Morgan fingerprint density at radius 2 is 2.17 bits per heavy atom. The van der Waals surface area contributed by atoms with Crippen molar-refractivity contribution in [3.8, 4) is 5.13 Å². The fourth-order valence-corrected chi connectivity index (χ4v) is 3.12. The maximum Gasteiger partial charge on any atom is 0.331 e. The van der Waals surface area contributed by atoms with Crippen LogP contribution >= 0.6 is 11.3 Å². The molecule has 2 aromatic rings. The van der Waals surface area contributed by atoms with E-state index in [9.17, 15) is 14.7 Å². The fourth-order valence-electron chi connectivity index (χ4n) is 2.37. The summed E-state index contributed by atoms with van der Waals surface area (Å²) >= 11 is 1.46. The van der Waals surface area contributed by atoms with E-state index in [0.29, 0.717) is 11.3 Å². The van der Waals surface area contributed by atoms with Gasteiger partial charge < -0.3 is 15.2 Å². The van der Waals surface area contributed by atoms with E-state index >= 15 is 0 Å². The normalized spacial score (nSPS) is 13.6. The van der Waals surface area contributed by atoms with E-state index in [1.54, 1.807) is 19.2 Å². The molecule has 2 heterocycles. The third kappa shape index (κ3) is 3.27. The number of hydrogen-bond acceptors (Lipinski definition) is 5. The molecule has 124 valence electrons. The molecule has 1 atom stereocenters. The SMILES string of the molecule is COCC(C)(NC(=O)c1cc(C)n(-c2nccs2)c1C)C(=O)O. The summed E-state index contributed by atoms with van der Waals surface area (Å²) in [6, 6.07) is 1.72. The van der Waals surface area contributed by atoms with Gasteiger partial charge in [0.25, 0.3) is 5.91 Å². The van der Waals surface area contributed by atoms with Gasteiger partial charge in [-0.1, -0.05) is 0 Å². The molecule has 0 spiro atoms. The van der Waals surface area contributed by atoms with Crippen molar-refractivity contribution in [1.29, 1.82) is 0 Å². The summed E-state index contributed by atoms with van der Waals surface area (Å²) in [5.74, 6) is -1.61. The van der Waals surface area contributed by atoms with Crippen molar-refractivity contribution >= 4 is 23.2 Å². The highest BCUT2D eigenvalue weighted by Crippen LogP contribution is 2.22. The van der Waals surface area contributed by atoms with Crippen LogP contribution in [-0.4, -0.2) is 45.8 Å². The number of carbonyl (C=O) groups excluding carboxylic acids is 1. The van der Waals surface area contributed by atoms with Crippen LogP contribution in [0.1, 0.15) is 28.7 Å². The lowest BCUT2D eigenvalue weighted by Gasteiger charge is -2.25. The lowest BCUT2D eigenvalue weighted by atomic mass is 10.0. The number of carboxylic acid groups (broad SMARTS) is 1. The predicted molar refractivity (Wildman–Crippen MR) is 86.3 cm³/mol. The highest BCUT2D eigenvalue weighted by Gasteiger charge is 2.36. The molecule has 1 unspecified atom stereocenters. The Bertz CT molecular complexity index is 723. The minimum atomic E-state index is -1.49. The summed E-state index contributed by atoms with van der Waals surface area (Å²) < 4.78 is 6.78. The van der Waals surface area contributed by atoms with Gasteiger partial charge in [0.1, 0.15) is 0 Å². The molecule has 0 saturated carbocycles. The van der Waals surface area contributed by atoms with Crippen molar-refractivity contribution in [3.63, 3.8) is 0 Å². The molecule has 0 aliphatic heterocycles.